The molecule has 0 saturated heterocycles. The fourth-order valence-corrected chi connectivity index (χ4v) is 1.41. The SMILES string of the molecule is CCCCOCCC(NCCC)C(=O)OCC. The molecule has 0 radical (unpaired) electrons. The van der Waals surface area contributed by atoms with Gasteiger partial charge in [-0.15, -0.1) is 0 Å². The molecule has 0 heterocycles. The fourth-order valence-electron chi connectivity index (χ4n) is 1.41. The number of unbranched alkanes of at least 4 members (excludes halogenated alkanes) is 1. The Kier molecular flexibility index (Phi) is 11.4. The van der Waals surface area contributed by atoms with Gasteiger partial charge in [0.1, 0.15) is 6.04 Å². The van der Waals surface area contributed by atoms with Crippen molar-refractivity contribution in [2.24, 2.45) is 0 Å². The number of esters is 1. The Balaban J connectivity index is 3.80. The second kappa shape index (κ2) is 11.9. The van der Waals surface area contributed by atoms with Crippen molar-refractivity contribution in [3.8, 4) is 0 Å². The van der Waals surface area contributed by atoms with Crippen LogP contribution in [0.15, 0.2) is 0 Å². The molecule has 4 heteroatoms. The van der Waals surface area contributed by atoms with E-state index in [1.165, 1.54) is 0 Å². The van der Waals surface area contributed by atoms with Gasteiger partial charge < -0.3 is 14.8 Å². The van der Waals surface area contributed by atoms with E-state index in [4.69, 9.17) is 9.47 Å². The standard InChI is InChI=1S/C13H27NO3/c1-4-7-10-16-11-8-12(14-9-5-2)13(15)17-6-3/h12,14H,4-11H2,1-3H3. The third-order valence-electron chi connectivity index (χ3n) is 2.40. The maximum atomic E-state index is 11.6. The average molecular weight is 245 g/mol. The minimum Gasteiger partial charge on any atom is -0.465 e. The maximum Gasteiger partial charge on any atom is 0.323 e. The number of nitrogens with one attached hydrogen (secondary N) is 1. The van der Waals surface area contributed by atoms with Crippen LogP contribution < -0.4 is 5.32 Å². The van der Waals surface area contributed by atoms with E-state index < -0.39 is 0 Å². The first-order valence-electron chi connectivity index (χ1n) is 6.73. The van der Waals surface area contributed by atoms with Gasteiger partial charge in [0.05, 0.1) is 6.61 Å². The average Bonchev–Trinajstić information content (AvgIpc) is 2.33. The molecule has 0 aromatic carbocycles. The lowest BCUT2D eigenvalue weighted by Gasteiger charge is -2.16. The highest BCUT2D eigenvalue weighted by atomic mass is 16.5. The van der Waals surface area contributed by atoms with Gasteiger partial charge in [0.15, 0.2) is 0 Å². The second-order valence-corrected chi connectivity index (χ2v) is 4.01. The molecule has 0 amide bonds. The summed E-state index contributed by atoms with van der Waals surface area (Å²) in [5, 5.41) is 3.19. The van der Waals surface area contributed by atoms with Crippen molar-refractivity contribution in [2.45, 2.75) is 52.5 Å². The molecule has 0 aliphatic rings. The molecule has 4 nitrogen and oxygen atoms in total. The van der Waals surface area contributed by atoms with Gasteiger partial charge in [0, 0.05) is 13.2 Å². The zero-order chi connectivity index (χ0) is 12.9. The van der Waals surface area contributed by atoms with Gasteiger partial charge in [-0.3, -0.25) is 4.79 Å². The van der Waals surface area contributed by atoms with Crippen molar-refractivity contribution >= 4 is 5.97 Å². The van der Waals surface area contributed by atoms with Crippen molar-refractivity contribution in [2.75, 3.05) is 26.4 Å². The van der Waals surface area contributed by atoms with E-state index in [0.29, 0.717) is 19.6 Å². The van der Waals surface area contributed by atoms with E-state index >= 15 is 0 Å². The monoisotopic (exact) mass is 245 g/mol. The lowest BCUT2D eigenvalue weighted by atomic mass is 10.2. The molecule has 0 rings (SSSR count). The summed E-state index contributed by atoms with van der Waals surface area (Å²) in [6, 6.07) is -0.225. The van der Waals surface area contributed by atoms with Crippen molar-refractivity contribution in [3.05, 3.63) is 0 Å². The van der Waals surface area contributed by atoms with E-state index in [0.717, 1.165) is 32.4 Å². The Bertz CT molecular complexity index is 186. The molecule has 0 aliphatic carbocycles. The van der Waals surface area contributed by atoms with Gasteiger partial charge >= 0.3 is 5.97 Å². The number of rotatable bonds is 11. The Morgan fingerprint density at radius 2 is 1.94 bits per heavy atom. The predicted octanol–water partition coefficient (Wildman–Crippen LogP) is 2.12. The van der Waals surface area contributed by atoms with E-state index in [2.05, 4.69) is 19.2 Å². The summed E-state index contributed by atoms with van der Waals surface area (Å²) in [5.41, 5.74) is 0. The van der Waals surface area contributed by atoms with Crippen molar-refractivity contribution in [1.82, 2.24) is 5.32 Å². The summed E-state index contributed by atoms with van der Waals surface area (Å²) in [7, 11) is 0. The van der Waals surface area contributed by atoms with Crippen LogP contribution in [0.1, 0.15) is 46.5 Å². The van der Waals surface area contributed by atoms with E-state index in [1.807, 2.05) is 6.92 Å². The van der Waals surface area contributed by atoms with Crippen LogP contribution in [-0.2, 0) is 14.3 Å². The van der Waals surface area contributed by atoms with Gasteiger partial charge in [-0.1, -0.05) is 20.3 Å². The van der Waals surface area contributed by atoms with Crippen LogP contribution in [0.25, 0.3) is 0 Å². The largest absolute Gasteiger partial charge is 0.465 e. The molecule has 0 spiro atoms. The molecule has 1 N–H and O–H groups in total. The minimum absolute atomic E-state index is 0.167. The molecule has 102 valence electrons. The Hall–Kier alpha value is -0.610. The van der Waals surface area contributed by atoms with Crippen molar-refractivity contribution in [3.63, 3.8) is 0 Å². The maximum absolute atomic E-state index is 11.6. The van der Waals surface area contributed by atoms with Crippen LogP contribution in [0.2, 0.25) is 0 Å². The number of hydrogen-bond acceptors (Lipinski definition) is 4. The molecule has 0 aromatic rings. The number of ether oxygens (including phenoxy) is 2. The highest BCUT2D eigenvalue weighted by Gasteiger charge is 2.18. The van der Waals surface area contributed by atoms with Crippen LogP contribution in [0.5, 0.6) is 0 Å². The summed E-state index contributed by atoms with van der Waals surface area (Å²) < 4.78 is 10.5. The third-order valence-corrected chi connectivity index (χ3v) is 2.40. The lowest BCUT2D eigenvalue weighted by molar-refractivity contribution is -0.146. The van der Waals surface area contributed by atoms with Crippen LogP contribution in [0.4, 0.5) is 0 Å². The van der Waals surface area contributed by atoms with Crippen LogP contribution in [0.3, 0.4) is 0 Å². The van der Waals surface area contributed by atoms with Crippen LogP contribution >= 0.6 is 0 Å². The van der Waals surface area contributed by atoms with Gasteiger partial charge in [0.2, 0.25) is 0 Å². The van der Waals surface area contributed by atoms with Gasteiger partial charge in [-0.05, 0) is 32.7 Å². The molecule has 1 unspecified atom stereocenters. The molecule has 0 fully saturated rings. The molecular weight excluding hydrogens is 218 g/mol. The Morgan fingerprint density at radius 3 is 2.53 bits per heavy atom. The number of carbonyl (C=O) groups is 1. The van der Waals surface area contributed by atoms with E-state index in [9.17, 15) is 4.79 Å². The highest BCUT2D eigenvalue weighted by Crippen LogP contribution is 1.98. The predicted molar refractivity (Wildman–Crippen MR) is 69.1 cm³/mol. The zero-order valence-electron chi connectivity index (χ0n) is 11.5. The smallest absolute Gasteiger partial charge is 0.323 e. The van der Waals surface area contributed by atoms with Crippen LogP contribution in [0, 0.1) is 0 Å². The first-order chi connectivity index (χ1) is 8.26. The lowest BCUT2D eigenvalue weighted by Crippen LogP contribution is -2.39. The van der Waals surface area contributed by atoms with Crippen molar-refractivity contribution in [1.29, 1.82) is 0 Å². The summed E-state index contributed by atoms with van der Waals surface area (Å²) >= 11 is 0. The summed E-state index contributed by atoms with van der Waals surface area (Å²) in [5.74, 6) is -0.167. The first kappa shape index (κ1) is 16.4. The minimum atomic E-state index is -0.225. The fraction of sp³-hybridized carbons (Fsp3) is 0.923. The number of hydrogen-bond donors (Lipinski definition) is 1. The highest BCUT2D eigenvalue weighted by molar-refractivity contribution is 5.75. The molecule has 17 heavy (non-hydrogen) atoms. The molecule has 0 saturated carbocycles. The molecule has 0 aromatic heterocycles. The van der Waals surface area contributed by atoms with Crippen molar-refractivity contribution < 1.29 is 14.3 Å². The molecular formula is C13H27NO3. The number of carbonyl (C=O) groups excluding carboxylic acids is 1. The summed E-state index contributed by atoms with van der Waals surface area (Å²) in [6.07, 6.45) is 3.90. The summed E-state index contributed by atoms with van der Waals surface area (Å²) in [6.45, 7) is 8.69. The Labute approximate surface area is 105 Å². The Morgan fingerprint density at radius 1 is 1.18 bits per heavy atom. The second-order valence-electron chi connectivity index (χ2n) is 4.01. The molecule has 0 aliphatic heterocycles. The molecule has 0 bridgehead atoms. The normalized spacial score (nSPS) is 12.4. The van der Waals surface area contributed by atoms with Gasteiger partial charge in [-0.25, -0.2) is 0 Å². The quantitative estimate of drug-likeness (QED) is 0.447. The van der Waals surface area contributed by atoms with Gasteiger partial charge in [0.25, 0.3) is 0 Å². The van der Waals surface area contributed by atoms with E-state index in [-0.39, 0.29) is 12.0 Å². The topological polar surface area (TPSA) is 47.6 Å². The molecule has 1 atom stereocenters. The van der Waals surface area contributed by atoms with Gasteiger partial charge in [-0.2, -0.15) is 0 Å². The summed E-state index contributed by atoms with van der Waals surface area (Å²) in [4.78, 5) is 11.6. The first-order valence-corrected chi connectivity index (χ1v) is 6.73. The zero-order valence-corrected chi connectivity index (χ0v) is 11.5. The van der Waals surface area contributed by atoms with E-state index in [1.54, 1.807) is 0 Å². The third kappa shape index (κ3) is 9.12. The van der Waals surface area contributed by atoms with Crippen LogP contribution in [-0.4, -0.2) is 38.4 Å².